The first-order valence-electron chi connectivity index (χ1n) is 7.27. The molecule has 1 N–H and O–H groups in total. The summed E-state index contributed by atoms with van der Waals surface area (Å²) in [6, 6.07) is 8.62. The summed E-state index contributed by atoms with van der Waals surface area (Å²) in [5, 5.41) is 5.63. The van der Waals surface area contributed by atoms with Gasteiger partial charge in [0.1, 0.15) is 6.10 Å². The van der Waals surface area contributed by atoms with Gasteiger partial charge in [0.05, 0.1) is 13.2 Å². The van der Waals surface area contributed by atoms with Crippen molar-refractivity contribution in [2.75, 3.05) is 13.2 Å². The zero-order chi connectivity index (χ0) is 14.5. The Morgan fingerprint density at radius 3 is 3.24 bits per heavy atom. The fraction of sp³-hybridized carbons (Fsp3) is 0.438. The van der Waals surface area contributed by atoms with Gasteiger partial charge in [-0.15, -0.1) is 11.3 Å². The van der Waals surface area contributed by atoms with Crippen LogP contribution in [0.5, 0.6) is 5.88 Å². The number of rotatable bonds is 6. The smallest absolute Gasteiger partial charge is 0.213 e. The number of aromatic nitrogens is 1. The maximum Gasteiger partial charge on any atom is 0.213 e. The predicted octanol–water partition coefficient (Wildman–Crippen LogP) is 3.16. The van der Waals surface area contributed by atoms with E-state index in [1.54, 1.807) is 17.5 Å². The van der Waals surface area contributed by atoms with Crippen LogP contribution in [0.15, 0.2) is 35.8 Å². The molecule has 3 rings (SSSR count). The molecule has 1 aliphatic heterocycles. The minimum absolute atomic E-state index is 0.144. The van der Waals surface area contributed by atoms with Crippen LogP contribution in [0.1, 0.15) is 29.8 Å². The van der Waals surface area contributed by atoms with E-state index < -0.39 is 0 Å². The standard InChI is InChI=1S/C16H20N2O2S/c1-12(15-3-2-8-21-15)18-10-13-4-6-17-16(9-13)20-14-5-7-19-11-14/h2-4,6,8-9,12,14,18H,5,7,10-11H2,1H3/t12-,14-/m0/s1. The molecular weight excluding hydrogens is 284 g/mol. The van der Waals surface area contributed by atoms with E-state index in [2.05, 4.69) is 34.7 Å². The van der Waals surface area contributed by atoms with Crippen molar-refractivity contribution < 1.29 is 9.47 Å². The average Bonchev–Trinajstić information content (AvgIpc) is 3.18. The molecule has 0 radical (unpaired) electrons. The number of pyridine rings is 1. The number of thiophene rings is 1. The Morgan fingerprint density at radius 2 is 2.48 bits per heavy atom. The van der Waals surface area contributed by atoms with Crippen LogP contribution in [0, 0.1) is 0 Å². The third kappa shape index (κ3) is 4.03. The molecule has 0 amide bonds. The van der Waals surface area contributed by atoms with Crippen LogP contribution in [-0.4, -0.2) is 24.3 Å². The summed E-state index contributed by atoms with van der Waals surface area (Å²) in [4.78, 5) is 5.63. The lowest BCUT2D eigenvalue weighted by Gasteiger charge is -2.14. The third-order valence-electron chi connectivity index (χ3n) is 3.56. The molecule has 5 heteroatoms. The monoisotopic (exact) mass is 304 g/mol. The summed E-state index contributed by atoms with van der Waals surface area (Å²) in [6.45, 7) is 4.43. The molecule has 21 heavy (non-hydrogen) atoms. The van der Waals surface area contributed by atoms with Crippen molar-refractivity contribution in [3.63, 3.8) is 0 Å². The van der Waals surface area contributed by atoms with E-state index in [1.807, 2.05) is 12.1 Å². The normalized spacial score (nSPS) is 19.6. The zero-order valence-corrected chi connectivity index (χ0v) is 12.9. The lowest BCUT2D eigenvalue weighted by Crippen LogP contribution is -2.18. The minimum atomic E-state index is 0.144. The molecule has 2 atom stereocenters. The highest BCUT2D eigenvalue weighted by atomic mass is 32.1. The molecule has 2 aromatic heterocycles. The van der Waals surface area contributed by atoms with Gasteiger partial charge >= 0.3 is 0 Å². The van der Waals surface area contributed by atoms with Gasteiger partial charge in [-0.3, -0.25) is 0 Å². The second-order valence-electron chi connectivity index (χ2n) is 5.22. The number of nitrogens with zero attached hydrogens (tertiary/aromatic N) is 1. The van der Waals surface area contributed by atoms with Gasteiger partial charge in [0.2, 0.25) is 5.88 Å². The molecule has 3 heterocycles. The van der Waals surface area contributed by atoms with Gasteiger partial charge in [-0.05, 0) is 30.0 Å². The van der Waals surface area contributed by atoms with Crippen LogP contribution >= 0.6 is 11.3 Å². The Hall–Kier alpha value is -1.43. The van der Waals surface area contributed by atoms with E-state index in [4.69, 9.17) is 9.47 Å². The van der Waals surface area contributed by atoms with Crippen LogP contribution < -0.4 is 10.1 Å². The lowest BCUT2D eigenvalue weighted by molar-refractivity contribution is 0.138. The third-order valence-corrected chi connectivity index (χ3v) is 4.61. The van der Waals surface area contributed by atoms with Gasteiger partial charge in [-0.25, -0.2) is 4.98 Å². The molecule has 2 aromatic rings. The summed E-state index contributed by atoms with van der Waals surface area (Å²) < 4.78 is 11.1. The van der Waals surface area contributed by atoms with Crippen molar-refractivity contribution in [1.29, 1.82) is 0 Å². The van der Waals surface area contributed by atoms with Gasteiger partial charge < -0.3 is 14.8 Å². The van der Waals surface area contributed by atoms with Crippen LogP contribution in [0.3, 0.4) is 0 Å². The highest BCUT2D eigenvalue weighted by Crippen LogP contribution is 2.19. The van der Waals surface area contributed by atoms with Crippen molar-refractivity contribution in [2.45, 2.75) is 32.0 Å². The molecule has 112 valence electrons. The van der Waals surface area contributed by atoms with Crippen LogP contribution in [-0.2, 0) is 11.3 Å². The molecule has 0 unspecified atom stereocenters. The molecule has 1 aliphatic rings. The van der Waals surface area contributed by atoms with Gasteiger partial charge in [-0.1, -0.05) is 6.07 Å². The highest BCUT2D eigenvalue weighted by Gasteiger charge is 2.17. The lowest BCUT2D eigenvalue weighted by atomic mass is 10.2. The maximum absolute atomic E-state index is 5.83. The van der Waals surface area contributed by atoms with E-state index >= 15 is 0 Å². The summed E-state index contributed by atoms with van der Waals surface area (Å²) in [5.74, 6) is 0.688. The van der Waals surface area contributed by atoms with Crippen LogP contribution in [0.25, 0.3) is 0 Å². The average molecular weight is 304 g/mol. The zero-order valence-electron chi connectivity index (χ0n) is 12.1. The fourth-order valence-corrected chi connectivity index (χ4v) is 3.07. The number of nitrogens with one attached hydrogen (secondary N) is 1. The minimum Gasteiger partial charge on any atom is -0.472 e. The van der Waals surface area contributed by atoms with Crippen molar-refractivity contribution in [1.82, 2.24) is 10.3 Å². The summed E-state index contributed by atoms with van der Waals surface area (Å²) in [6.07, 6.45) is 2.89. The van der Waals surface area contributed by atoms with Gasteiger partial charge in [0.25, 0.3) is 0 Å². The molecule has 4 nitrogen and oxygen atoms in total. The highest BCUT2D eigenvalue weighted by molar-refractivity contribution is 7.10. The Balaban J connectivity index is 1.55. The second kappa shape index (κ2) is 7.02. The van der Waals surface area contributed by atoms with Gasteiger partial charge in [0.15, 0.2) is 0 Å². The molecule has 0 bridgehead atoms. The first kappa shape index (κ1) is 14.5. The Labute approximate surface area is 129 Å². The number of hydrogen-bond donors (Lipinski definition) is 1. The Bertz CT molecular complexity index is 553. The second-order valence-corrected chi connectivity index (χ2v) is 6.20. The number of hydrogen-bond acceptors (Lipinski definition) is 5. The van der Waals surface area contributed by atoms with Crippen molar-refractivity contribution >= 4 is 11.3 Å². The van der Waals surface area contributed by atoms with Crippen molar-refractivity contribution in [3.05, 3.63) is 46.3 Å². The van der Waals surface area contributed by atoms with E-state index in [1.165, 1.54) is 10.4 Å². The van der Waals surface area contributed by atoms with E-state index in [0.29, 0.717) is 18.5 Å². The molecule has 0 aromatic carbocycles. The summed E-state index contributed by atoms with van der Waals surface area (Å²) in [5.41, 5.74) is 1.18. The fourth-order valence-electron chi connectivity index (χ4n) is 2.31. The van der Waals surface area contributed by atoms with E-state index in [9.17, 15) is 0 Å². The van der Waals surface area contributed by atoms with Crippen LogP contribution in [0.4, 0.5) is 0 Å². The molecule has 1 fully saturated rings. The maximum atomic E-state index is 5.83. The predicted molar refractivity (Wildman–Crippen MR) is 83.7 cm³/mol. The first-order valence-corrected chi connectivity index (χ1v) is 8.15. The Kier molecular flexibility index (Phi) is 4.85. The largest absolute Gasteiger partial charge is 0.472 e. The molecule has 0 saturated carbocycles. The van der Waals surface area contributed by atoms with Crippen LogP contribution in [0.2, 0.25) is 0 Å². The quantitative estimate of drug-likeness (QED) is 0.890. The summed E-state index contributed by atoms with van der Waals surface area (Å²) >= 11 is 1.78. The van der Waals surface area contributed by atoms with Crippen molar-refractivity contribution in [2.24, 2.45) is 0 Å². The van der Waals surface area contributed by atoms with Gasteiger partial charge in [-0.2, -0.15) is 0 Å². The van der Waals surface area contributed by atoms with E-state index in [-0.39, 0.29) is 6.10 Å². The Morgan fingerprint density at radius 1 is 1.52 bits per heavy atom. The van der Waals surface area contributed by atoms with Crippen molar-refractivity contribution in [3.8, 4) is 5.88 Å². The summed E-state index contributed by atoms with van der Waals surface area (Å²) in [7, 11) is 0. The van der Waals surface area contributed by atoms with E-state index in [0.717, 1.165) is 19.6 Å². The topological polar surface area (TPSA) is 43.4 Å². The molecule has 0 aliphatic carbocycles. The molecule has 1 saturated heterocycles. The van der Waals surface area contributed by atoms with Gasteiger partial charge in [0, 0.05) is 36.1 Å². The first-order chi connectivity index (χ1) is 10.3. The SMILES string of the molecule is C[C@H](NCc1ccnc(O[C@H]2CCOC2)c1)c1cccs1. The number of ether oxygens (including phenoxy) is 2. The molecular formula is C16H20N2O2S. The molecule has 0 spiro atoms.